The van der Waals surface area contributed by atoms with Crippen LogP contribution in [0.25, 0.3) is 5.69 Å². The van der Waals surface area contributed by atoms with Crippen LogP contribution in [-0.4, -0.2) is 39.4 Å². The standard InChI is InChI=1S/C22H28N4O/c1-5-20(18-12-8-6-9-13-18)21-23-26(19-14-10-7-11-15-19)22(27)25(21)16-17(2)24(3)4/h6-15,17,20H,5,16H2,1-4H3. The number of para-hydroxylation sites is 1. The van der Waals surface area contributed by atoms with Crippen molar-refractivity contribution in [1.82, 2.24) is 19.2 Å². The second-order valence-electron chi connectivity index (χ2n) is 7.18. The van der Waals surface area contributed by atoms with E-state index in [1.165, 1.54) is 10.2 Å². The molecule has 0 radical (unpaired) electrons. The number of aromatic nitrogens is 3. The van der Waals surface area contributed by atoms with Gasteiger partial charge in [0.2, 0.25) is 0 Å². The number of hydrogen-bond acceptors (Lipinski definition) is 3. The molecule has 0 aliphatic heterocycles. The summed E-state index contributed by atoms with van der Waals surface area (Å²) in [7, 11) is 4.07. The monoisotopic (exact) mass is 364 g/mol. The van der Waals surface area contributed by atoms with Gasteiger partial charge in [-0.15, -0.1) is 5.10 Å². The van der Waals surface area contributed by atoms with E-state index in [0.717, 1.165) is 17.9 Å². The summed E-state index contributed by atoms with van der Waals surface area (Å²) >= 11 is 0. The quantitative estimate of drug-likeness (QED) is 0.644. The molecule has 0 N–H and O–H groups in total. The van der Waals surface area contributed by atoms with Gasteiger partial charge >= 0.3 is 5.69 Å². The molecule has 2 unspecified atom stereocenters. The van der Waals surface area contributed by atoms with Crippen molar-refractivity contribution in [2.24, 2.45) is 0 Å². The second-order valence-corrected chi connectivity index (χ2v) is 7.18. The molecule has 0 aliphatic rings. The lowest BCUT2D eigenvalue weighted by atomic mass is 9.95. The first kappa shape index (κ1) is 19.1. The Bertz CT molecular complexity index is 912. The Balaban J connectivity index is 2.14. The van der Waals surface area contributed by atoms with Gasteiger partial charge < -0.3 is 4.90 Å². The Morgan fingerprint density at radius 3 is 2.15 bits per heavy atom. The highest BCUT2D eigenvalue weighted by molar-refractivity contribution is 5.31. The fraction of sp³-hybridized carbons (Fsp3) is 0.364. The molecule has 3 rings (SSSR count). The first-order chi connectivity index (χ1) is 13.0. The molecular weight excluding hydrogens is 336 g/mol. The van der Waals surface area contributed by atoms with Crippen LogP contribution in [0.4, 0.5) is 0 Å². The average molecular weight is 364 g/mol. The van der Waals surface area contributed by atoms with Crippen molar-refractivity contribution < 1.29 is 0 Å². The first-order valence-electron chi connectivity index (χ1n) is 9.49. The molecule has 2 atom stereocenters. The van der Waals surface area contributed by atoms with Gasteiger partial charge in [0.25, 0.3) is 0 Å². The van der Waals surface area contributed by atoms with Crippen molar-refractivity contribution in [3.63, 3.8) is 0 Å². The molecule has 0 bridgehead atoms. The number of hydrogen-bond donors (Lipinski definition) is 0. The molecule has 27 heavy (non-hydrogen) atoms. The number of benzene rings is 2. The summed E-state index contributed by atoms with van der Waals surface area (Å²) in [6.07, 6.45) is 0.881. The largest absolute Gasteiger partial charge is 0.350 e. The third-order valence-electron chi connectivity index (χ3n) is 5.14. The first-order valence-corrected chi connectivity index (χ1v) is 9.49. The normalized spacial score (nSPS) is 13.7. The van der Waals surface area contributed by atoms with E-state index >= 15 is 0 Å². The van der Waals surface area contributed by atoms with E-state index in [1.54, 1.807) is 0 Å². The molecule has 1 aromatic heterocycles. The summed E-state index contributed by atoms with van der Waals surface area (Å²) < 4.78 is 3.38. The molecule has 2 aromatic carbocycles. The van der Waals surface area contributed by atoms with Crippen LogP contribution in [0.15, 0.2) is 65.5 Å². The van der Waals surface area contributed by atoms with E-state index in [0.29, 0.717) is 6.54 Å². The summed E-state index contributed by atoms with van der Waals surface area (Å²) in [5, 5.41) is 4.79. The van der Waals surface area contributed by atoms with Gasteiger partial charge in [0.15, 0.2) is 0 Å². The van der Waals surface area contributed by atoms with E-state index in [-0.39, 0.29) is 17.6 Å². The molecule has 0 spiro atoms. The fourth-order valence-electron chi connectivity index (χ4n) is 3.26. The van der Waals surface area contributed by atoms with Gasteiger partial charge in [0.05, 0.1) is 5.69 Å². The lowest BCUT2D eigenvalue weighted by Crippen LogP contribution is -2.35. The van der Waals surface area contributed by atoms with Crippen molar-refractivity contribution in [1.29, 1.82) is 0 Å². The molecule has 0 saturated carbocycles. The second kappa shape index (κ2) is 8.35. The molecule has 0 aliphatic carbocycles. The molecule has 0 saturated heterocycles. The van der Waals surface area contributed by atoms with Crippen LogP contribution in [0.3, 0.4) is 0 Å². The summed E-state index contributed by atoms with van der Waals surface area (Å²) in [5.74, 6) is 0.907. The zero-order valence-corrected chi connectivity index (χ0v) is 16.5. The number of nitrogens with zero attached hydrogens (tertiary/aromatic N) is 4. The zero-order valence-electron chi connectivity index (χ0n) is 16.5. The summed E-state index contributed by atoms with van der Waals surface area (Å²) in [6, 6.07) is 20.2. The van der Waals surface area contributed by atoms with Crippen molar-refractivity contribution in [2.75, 3.05) is 14.1 Å². The fourth-order valence-corrected chi connectivity index (χ4v) is 3.26. The van der Waals surface area contributed by atoms with Crippen LogP contribution in [0, 0.1) is 0 Å². The van der Waals surface area contributed by atoms with Gasteiger partial charge in [-0.25, -0.2) is 4.79 Å². The summed E-state index contributed by atoms with van der Waals surface area (Å²) in [5.41, 5.74) is 1.89. The maximum atomic E-state index is 13.2. The minimum atomic E-state index is -0.0840. The molecule has 5 heteroatoms. The van der Waals surface area contributed by atoms with E-state index in [4.69, 9.17) is 5.10 Å². The van der Waals surface area contributed by atoms with Gasteiger partial charge in [-0.05, 0) is 45.1 Å². The van der Waals surface area contributed by atoms with Crippen molar-refractivity contribution >= 4 is 0 Å². The maximum absolute atomic E-state index is 13.2. The Labute approximate surface area is 160 Å². The number of rotatable bonds is 7. The Hall–Kier alpha value is -2.66. The predicted molar refractivity (Wildman–Crippen MR) is 110 cm³/mol. The highest BCUT2D eigenvalue weighted by Gasteiger charge is 2.24. The smallest absolute Gasteiger partial charge is 0.305 e. The van der Waals surface area contributed by atoms with Crippen LogP contribution < -0.4 is 5.69 Å². The SMILES string of the molecule is CCC(c1ccccc1)c1nn(-c2ccccc2)c(=O)n1CC(C)N(C)C. The van der Waals surface area contributed by atoms with Crippen LogP contribution in [0.5, 0.6) is 0 Å². The summed E-state index contributed by atoms with van der Waals surface area (Å²) in [6.45, 7) is 4.88. The van der Waals surface area contributed by atoms with Gasteiger partial charge in [-0.1, -0.05) is 55.5 Å². The van der Waals surface area contributed by atoms with E-state index in [1.807, 2.05) is 67.2 Å². The molecular formula is C22H28N4O. The van der Waals surface area contributed by atoms with Crippen LogP contribution in [-0.2, 0) is 6.54 Å². The molecule has 142 valence electrons. The predicted octanol–water partition coefficient (Wildman–Crippen LogP) is 3.53. The van der Waals surface area contributed by atoms with E-state index < -0.39 is 0 Å². The van der Waals surface area contributed by atoms with Gasteiger partial charge in [0, 0.05) is 18.5 Å². The van der Waals surface area contributed by atoms with Gasteiger partial charge in [0.1, 0.15) is 5.82 Å². The minimum Gasteiger partial charge on any atom is -0.305 e. The minimum absolute atomic E-state index is 0.0817. The molecule has 1 heterocycles. The summed E-state index contributed by atoms with van der Waals surface area (Å²) in [4.78, 5) is 15.4. The maximum Gasteiger partial charge on any atom is 0.350 e. The van der Waals surface area contributed by atoms with Crippen molar-refractivity contribution in [3.05, 3.63) is 82.5 Å². The third kappa shape index (κ3) is 4.03. The average Bonchev–Trinajstić information content (AvgIpc) is 3.00. The van der Waals surface area contributed by atoms with Crippen LogP contribution >= 0.6 is 0 Å². The molecule has 0 fully saturated rings. The molecule has 5 nitrogen and oxygen atoms in total. The lowest BCUT2D eigenvalue weighted by Gasteiger charge is -2.22. The highest BCUT2D eigenvalue weighted by Crippen LogP contribution is 2.26. The Morgan fingerprint density at radius 1 is 1.00 bits per heavy atom. The van der Waals surface area contributed by atoms with Crippen LogP contribution in [0.1, 0.15) is 37.6 Å². The topological polar surface area (TPSA) is 43.1 Å². The highest BCUT2D eigenvalue weighted by atomic mass is 16.2. The van der Waals surface area contributed by atoms with E-state index in [2.05, 4.69) is 30.9 Å². The molecule has 3 aromatic rings. The van der Waals surface area contributed by atoms with Gasteiger partial charge in [-0.3, -0.25) is 4.57 Å². The van der Waals surface area contributed by atoms with E-state index in [9.17, 15) is 4.79 Å². The Kier molecular flexibility index (Phi) is 5.91. The van der Waals surface area contributed by atoms with Gasteiger partial charge in [-0.2, -0.15) is 4.68 Å². The van der Waals surface area contributed by atoms with Crippen LogP contribution in [0.2, 0.25) is 0 Å². The third-order valence-corrected chi connectivity index (χ3v) is 5.14. The zero-order chi connectivity index (χ0) is 19.4. The Morgan fingerprint density at radius 2 is 1.59 bits per heavy atom. The molecule has 0 amide bonds. The van der Waals surface area contributed by atoms with Crippen molar-refractivity contribution in [3.8, 4) is 5.69 Å². The number of likely N-dealkylation sites (N-methyl/N-ethyl adjacent to an activating group) is 1. The lowest BCUT2D eigenvalue weighted by molar-refractivity contribution is 0.278. The van der Waals surface area contributed by atoms with Crippen molar-refractivity contribution in [2.45, 2.75) is 38.8 Å².